The van der Waals surface area contributed by atoms with Crippen molar-refractivity contribution in [3.63, 3.8) is 0 Å². The topological polar surface area (TPSA) is 56.4 Å². The largest absolute Gasteiger partial charge is 0.335 e. The van der Waals surface area contributed by atoms with Crippen molar-refractivity contribution in [2.45, 2.75) is 45.1 Å². The van der Waals surface area contributed by atoms with E-state index in [1.54, 1.807) is 6.07 Å². The maximum absolute atomic E-state index is 13.2. The number of aromatic nitrogens is 1. The highest BCUT2D eigenvalue weighted by Crippen LogP contribution is 2.31. The molecule has 5 nitrogen and oxygen atoms in total. The first-order chi connectivity index (χ1) is 14.1. The Morgan fingerprint density at radius 3 is 2.55 bits per heavy atom. The number of H-pyrrole nitrogens is 1. The molecule has 0 atom stereocenters. The second-order valence-corrected chi connectivity index (χ2v) is 9.53. The third-order valence-corrected chi connectivity index (χ3v) is 7.70. The number of rotatable bonds is 2. The minimum atomic E-state index is -0.117. The molecule has 1 amide bonds. The third-order valence-electron chi connectivity index (χ3n) is 6.55. The minimum Gasteiger partial charge on any atom is -0.335 e. The first-order valence-corrected chi connectivity index (χ1v) is 11.5. The number of aryl methyl sites for hydroxylation is 1. The number of hydrogen-bond acceptors (Lipinski definition) is 4. The van der Waals surface area contributed by atoms with E-state index in [0.29, 0.717) is 16.3 Å². The minimum absolute atomic E-state index is 0.0645. The molecule has 1 saturated heterocycles. The highest BCUT2D eigenvalue weighted by molar-refractivity contribution is 7.21. The summed E-state index contributed by atoms with van der Waals surface area (Å²) in [7, 11) is 0. The molecule has 0 bridgehead atoms. The molecule has 1 aliphatic heterocycles. The zero-order chi connectivity index (χ0) is 20.0. The molecule has 0 spiro atoms. The van der Waals surface area contributed by atoms with E-state index in [9.17, 15) is 9.59 Å². The average Bonchev–Trinajstić information content (AvgIpc) is 3.21. The van der Waals surface area contributed by atoms with Gasteiger partial charge < -0.3 is 9.88 Å². The van der Waals surface area contributed by atoms with Gasteiger partial charge in [-0.25, -0.2) is 0 Å². The molecule has 0 unspecified atom stereocenters. The smallest absolute Gasteiger partial charge is 0.264 e. The first kappa shape index (κ1) is 18.8. The number of pyridine rings is 1. The summed E-state index contributed by atoms with van der Waals surface area (Å²) in [6, 6.07) is 8.52. The molecule has 2 fully saturated rings. The van der Waals surface area contributed by atoms with E-state index in [1.165, 1.54) is 43.4 Å². The normalized spacial score (nSPS) is 19.3. The Morgan fingerprint density at radius 1 is 1.03 bits per heavy atom. The van der Waals surface area contributed by atoms with Crippen molar-refractivity contribution in [2.24, 2.45) is 0 Å². The standard InChI is InChI=1S/C23H27N3O2S/c1-15-7-8-19-17(13-15)21-18(22(27)24-19)14-20(29-21)23(28)26-11-9-25(10-12-26)16-5-3-2-4-6-16/h7-8,13-14,16H,2-6,9-12H2,1H3,(H,24,27). The van der Waals surface area contributed by atoms with E-state index < -0.39 is 0 Å². The highest BCUT2D eigenvalue weighted by Gasteiger charge is 2.28. The van der Waals surface area contributed by atoms with E-state index in [2.05, 4.69) is 16.0 Å². The number of nitrogens with zero attached hydrogens (tertiary/aromatic N) is 2. The summed E-state index contributed by atoms with van der Waals surface area (Å²) in [4.78, 5) is 33.9. The molecule has 0 radical (unpaired) electrons. The van der Waals surface area contributed by atoms with Gasteiger partial charge in [-0.1, -0.05) is 30.9 Å². The summed E-state index contributed by atoms with van der Waals surface area (Å²) < 4.78 is 0.914. The van der Waals surface area contributed by atoms with Crippen LogP contribution in [0.15, 0.2) is 29.1 Å². The number of nitrogens with one attached hydrogen (secondary N) is 1. The summed E-state index contributed by atoms with van der Waals surface area (Å²) in [6.07, 6.45) is 6.66. The van der Waals surface area contributed by atoms with Crippen molar-refractivity contribution in [2.75, 3.05) is 26.2 Å². The van der Waals surface area contributed by atoms with E-state index in [4.69, 9.17) is 0 Å². The number of benzene rings is 1. The number of carbonyl (C=O) groups excluding carboxylic acids is 1. The van der Waals surface area contributed by atoms with Crippen LogP contribution >= 0.6 is 11.3 Å². The number of thiophene rings is 1. The second-order valence-electron chi connectivity index (χ2n) is 8.48. The molecule has 5 rings (SSSR count). The fourth-order valence-corrected chi connectivity index (χ4v) is 6.06. The molecule has 1 aromatic carbocycles. The Hall–Kier alpha value is -2.18. The van der Waals surface area contributed by atoms with Gasteiger partial charge in [0.1, 0.15) is 0 Å². The van der Waals surface area contributed by atoms with Crippen LogP contribution < -0.4 is 5.56 Å². The summed E-state index contributed by atoms with van der Waals surface area (Å²) in [5.41, 5.74) is 1.86. The van der Waals surface area contributed by atoms with Crippen molar-refractivity contribution in [1.29, 1.82) is 0 Å². The van der Waals surface area contributed by atoms with Crippen molar-refractivity contribution in [3.05, 3.63) is 45.1 Å². The molecule has 1 aliphatic carbocycles. The van der Waals surface area contributed by atoms with Gasteiger partial charge in [0.25, 0.3) is 11.5 Å². The van der Waals surface area contributed by atoms with Gasteiger partial charge >= 0.3 is 0 Å². The van der Waals surface area contributed by atoms with Crippen LogP contribution in [0.2, 0.25) is 0 Å². The number of amides is 1. The van der Waals surface area contributed by atoms with Crippen LogP contribution in [0, 0.1) is 6.92 Å². The lowest BCUT2D eigenvalue weighted by atomic mass is 9.94. The molecule has 6 heteroatoms. The number of carbonyl (C=O) groups is 1. The van der Waals surface area contributed by atoms with Crippen molar-refractivity contribution >= 4 is 38.2 Å². The van der Waals surface area contributed by atoms with E-state index in [-0.39, 0.29) is 11.5 Å². The molecule has 152 valence electrons. The predicted molar refractivity (Wildman–Crippen MR) is 119 cm³/mol. The molecule has 2 aromatic heterocycles. The van der Waals surface area contributed by atoms with Crippen LogP contribution in [0.1, 0.15) is 47.3 Å². The second kappa shape index (κ2) is 7.58. The van der Waals surface area contributed by atoms with E-state index in [0.717, 1.165) is 47.3 Å². The third kappa shape index (κ3) is 3.49. The van der Waals surface area contributed by atoms with Crippen molar-refractivity contribution in [3.8, 4) is 0 Å². The Kier molecular flexibility index (Phi) is 4.92. The number of fused-ring (bicyclic) bond motifs is 3. The molecule has 2 aliphatic rings. The van der Waals surface area contributed by atoms with Gasteiger partial charge in [-0.2, -0.15) is 0 Å². The zero-order valence-corrected chi connectivity index (χ0v) is 17.7. The summed E-state index contributed by atoms with van der Waals surface area (Å²) >= 11 is 1.46. The maximum atomic E-state index is 13.2. The van der Waals surface area contributed by atoms with Crippen LogP contribution in [-0.2, 0) is 0 Å². The average molecular weight is 410 g/mol. The monoisotopic (exact) mass is 409 g/mol. The van der Waals surface area contributed by atoms with Gasteiger partial charge in [-0.05, 0) is 38.0 Å². The first-order valence-electron chi connectivity index (χ1n) is 10.7. The quantitative estimate of drug-likeness (QED) is 0.692. The lowest BCUT2D eigenvalue weighted by molar-refractivity contribution is 0.0527. The summed E-state index contributed by atoms with van der Waals surface area (Å²) in [5, 5.41) is 1.64. The zero-order valence-electron chi connectivity index (χ0n) is 16.9. The fourth-order valence-electron chi connectivity index (χ4n) is 4.90. The molecule has 1 N–H and O–H groups in total. The van der Waals surface area contributed by atoms with Crippen LogP contribution in [0.4, 0.5) is 0 Å². The Labute approximate surface area is 174 Å². The number of piperazine rings is 1. The molecule has 29 heavy (non-hydrogen) atoms. The van der Waals surface area contributed by atoms with Crippen LogP contribution in [0.5, 0.6) is 0 Å². The summed E-state index contributed by atoms with van der Waals surface area (Å²) in [6.45, 7) is 5.52. The van der Waals surface area contributed by atoms with Gasteiger partial charge in [0, 0.05) is 47.8 Å². The lowest BCUT2D eigenvalue weighted by Crippen LogP contribution is -2.52. The van der Waals surface area contributed by atoms with Crippen molar-refractivity contribution in [1.82, 2.24) is 14.8 Å². The van der Waals surface area contributed by atoms with Gasteiger partial charge in [0.2, 0.25) is 0 Å². The van der Waals surface area contributed by atoms with Crippen LogP contribution in [-0.4, -0.2) is 52.9 Å². The van der Waals surface area contributed by atoms with Crippen LogP contribution in [0.25, 0.3) is 21.0 Å². The fraction of sp³-hybridized carbons (Fsp3) is 0.478. The Morgan fingerprint density at radius 2 is 1.79 bits per heavy atom. The van der Waals surface area contributed by atoms with Crippen LogP contribution in [0.3, 0.4) is 0 Å². The highest BCUT2D eigenvalue weighted by atomic mass is 32.1. The van der Waals surface area contributed by atoms with Gasteiger partial charge in [-0.3, -0.25) is 14.5 Å². The summed E-state index contributed by atoms with van der Waals surface area (Å²) in [5.74, 6) is 0.0645. The predicted octanol–water partition coefficient (Wildman–Crippen LogP) is 4.14. The van der Waals surface area contributed by atoms with Crippen molar-refractivity contribution < 1.29 is 4.79 Å². The SMILES string of the molecule is Cc1ccc2[nH]c(=O)c3cc(C(=O)N4CCN(C5CCCCC5)CC4)sc3c2c1. The number of aromatic amines is 1. The molecule has 3 heterocycles. The Bertz CT molecular complexity index is 1120. The van der Waals surface area contributed by atoms with Gasteiger partial charge in [0.15, 0.2) is 0 Å². The number of hydrogen-bond donors (Lipinski definition) is 1. The molecule has 3 aromatic rings. The van der Waals surface area contributed by atoms with Gasteiger partial charge in [0.05, 0.1) is 10.3 Å². The Balaban J connectivity index is 1.39. The van der Waals surface area contributed by atoms with E-state index in [1.807, 2.05) is 24.0 Å². The van der Waals surface area contributed by atoms with E-state index >= 15 is 0 Å². The van der Waals surface area contributed by atoms with Gasteiger partial charge in [-0.15, -0.1) is 11.3 Å². The lowest BCUT2D eigenvalue weighted by Gasteiger charge is -2.40. The molecule has 1 saturated carbocycles. The molecular formula is C23H27N3O2S. The molecular weight excluding hydrogens is 382 g/mol. The maximum Gasteiger partial charge on any atom is 0.264 e.